The lowest BCUT2D eigenvalue weighted by atomic mass is 9.95. The number of hydrogen-bond acceptors (Lipinski definition) is 7. The molecule has 0 aliphatic carbocycles. The third-order valence-corrected chi connectivity index (χ3v) is 6.63. The van der Waals surface area contributed by atoms with Gasteiger partial charge >= 0.3 is 0 Å². The second-order valence-corrected chi connectivity index (χ2v) is 9.35. The maximum absolute atomic E-state index is 13.0. The van der Waals surface area contributed by atoms with E-state index in [9.17, 15) is 4.79 Å². The number of carbonyl (C=O) groups is 1. The molecule has 34 heavy (non-hydrogen) atoms. The Morgan fingerprint density at radius 3 is 2.35 bits per heavy atom. The van der Waals surface area contributed by atoms with Gasteiger partial charge in [-0.05, 0) is 41.3 Å². The Labute approximate surface area is 200 Å². The van der Waals surface area contributed by atoms with Crippen LogP contribution in [0.4, 0.5) is 0 Å². The highest BCUT2D eigenvalue weighted by Crippen LogP contribution is 2.35. The van der Waals surface area contributed by atoms with Crippen molar-refractivity contribution in [2.75, 3.05) is 52.7 Å². The molecule has 1 saturated heterocycles. The van der Waals surface area contributed by atoms with E-state index in [1.807, 2.05) is 29.2 Å². The summed E-state index contributed by atoms with van der Waals surface area (Å²) < 4.78 is 22.3. The van der Waals surface area contributed by atoms with Gasteiger partial charge in [-0.2, -0.15) is 0 Å². The number of piperazine rings is 1. The van der Waals surface area contributed by atoms with Crippen molar-refractivity contribution < 1.29 is 23.7 Å². The number of amides is 1. The van der Waals surface area contributed by atoms with Crippen molar-refractivity contribution in [2.24, 2.45) is 5.92 Å². The van der Waals surface area contributed by atoms with E-state index in [-0.39, 0.29) is 11.9 Å². The molecule has 0 saturated carbocycles. The lowest BCUT2D eigenvalue weighted by molar-refractivity contribution is -0.132. The van der Waals surface area contributed by atoms with E-state index >= 15 is 0 Å². The first-order valence-electron chi connectivity index (χ1n) is 12.1. The van der Waals surface area contributed by atoms with Crippen LogP contribution in [0.3, 0.4) is 0 Å². The van der Waals surface area contributed by atoms with E-state index in [0.29, 0.717) is 32.5 Å². The van der Waals surface area contributed by atoms with Gasteiger partial charge < -0.3 is 29.2 Å². The molecule has 0 aromatic heterocycles. The summed E-state index contributed by atoms with van der Waals surface area (Å²) in [6, 6.07) is 12.2. The number of hydrogen-bond donors (Lipinski definition) is 1. The number of ether oxygens (including phenoxy) is 4. The molecule has 1 N–H and O–H groups in total. The summed E-state index contributed by atoms with van der Waals surface area (Å²) in [5, 5.41) is 3.49. The zero-order chi connectivity index (χ0) is 23.5. The zero-order valence-electron chi connectivity index (χ0n) is 19.9. The molecule has 0 spiro atoms. The first kappa shape index (κ1) is 22.8. The topological polar surface area (TPSA) is 72.5 Å². The Morgan fingerprint density at radius 1 is 0.882 bits per heavy atom. The van der Waals surface area contributed by atoms with E-state index < -0.39 is 0 Å². The third-order valence-electron chi connectivity index (χ3n) is 6.63. The molecule has 5 rings (SSSR count). The van der Waals surface area contributed by atoms with Gasteiger partial charge in [-0.15, -0.1) is 0 Å². The molecule has 3 heterocycles. The number of carbonyl (C=O) groups excluding carboxylic acids is 1. The van der Waals surface area contributed by atoms with Crippen LogP contribution in [0.25, 0.3) is 0 Å². The van der Waals surface area contributed by atoms with Crippen molar-refractivity contribution in [3.8, 4) is 23.0 Å². The summed E-state index contributed by atoms with van der Waals surface area (Å²) in [7, 11) is 0. The fourth-order valence-corrected chi connectivity index (χ4v) is 4.75. The van der Waals surface area contributed by atoms with Crippen LogP contribution >= 0.6 is 0 Å². The Morgan fingerprint density at radius 2 is 1.56 bits per heavy atom. The van der Waals surface area contributed by atoms with Crippen molar-refractivity contribution >= 4 is 5.91 Å². The second kappa shape index (κ2) is 10.1. The summed E-state index contributed by atoms with van der Waals surface area (Å²) in [5.74, 6) is 3.66. The highest BCUT2D eigenvalue weighted by atomic mass is 16.7. The second-order valence-electron chi connectivity index (χ2n) is 9.35. The molecule has 0 radical (unpaired) electrons. The van der Waals surface area contributed by atoms with E-state index in [4.69, 9.17) is 18.9 Å². The summed E-state index contributed by atoms with van der Waals surface area (Å²) in [5.41, 5.74) is 2.31. The molecule has 8 heteroatoms. The molecule has 8 nitrogen and oxygen atoms in total. The monoisotopic (exact) mass is 467 g/mol. The molecule has 3 aliphatic heterocycles. The SMILES string of the molecule is CC(C)[C@@H](NCC(=O)N1CCN(Cc2ccc3c(c2)OCO3)CC1)c1ccc2c(c1)OCCO2. The zero-order valence-corrected chi connectivity index (χ0v) is 19.9. The molecule has 2 aromatic rings. The summed E-state index contributed by atoms with van der Waals surface area (Å²) in [6.07, 6.45) is 0. The lowest BCUT2D eigenvalue weighted by Gasteiger charge is -2.35. The summed E-state index contributed by atoms with van der Waals surface area (Å²) >= 11 is 0. The Balaban J connectivity index is 1.12. The minimum atomic E-state index is 0.0621. The van der Waals surface area contributed by atoms with Gasteiger partial charge in [0.05, 0.1) is 6.54 Å². The maximum atomic E-state index is 13.0. The van der Waals surface area contributed by atoms with Crippen LogP contribution in [0.5, 0.6) is 23.0 Å². The summed E-state index contributed by atoms with van der Waals surface area (Å²) in [6.45, 7) is 10.1. The van der Waals surface area contributed by atoms with Crippen molar-refractivity contribution in [3.05, 3.63) is 47.5 Å². The molecule has 2 aromatic carbocycles. The standard InChI is InChI=1S/C26H33N3O5/c1-18(2)26(20-4-6-21-24(14-20)32-12-11-31-21)27-15-25(30)29-9-7-28(8-10-29)16-19-3-5-22-23(13-19)34-17-33-22/h3-6,13-14,18,26-27H,7-12,15-17H2,1-2H3/t26-/m1/s1. The van der Waals surface area contributed by atoms with E-state index in [2.05, 4.69) is 36.2 Å². The van der Waals surface area contributed by atoms with Crippen LogP contribution in [0.15, 0.2) is 36.4 Å². The maximum Gasteiger partial charge on any atom is 0.236 e. The van der Waals surface area contributed by atoms with Gasteiger partial charge in [-0.1, -0.05) is 26.0 Å². The van der Waals surface area contributed by atoms with Gasteiger partial charge in [0.1, 0.15) is 13.2 Å². The van der Waals surface area contributed by atoms with E-state index in [0.717, 1.165) is 61.3 Å². The van der Waals surface area contributed by atoms with Gasteiger partial charge in [0, 0.05) is 38.8 Å². The van der Waals surface area contributed by atoms with Crippen LogP contribution in [-0.2, 0) is 11.3 Å². The Hall–Kier alpha value is -2.97. The van der Waals surface area contributed by atoms with Crippen LogP contribution in [0, 0.1) is 5.92 Å². The molecule has 0 bridgehead atoms. The molecule has 1 atom stereocenters. The van der Waals surface area contributed by atoms with Gasteiger partial charge in [0.25, 0.3) is 0 Å². The summed E-state index contributed by atoms with van der Waals surface area (Å²) in [4.78, 5) is 17.3. The highest BCUT2D eigenvalue weighted by molar-refractivity contribution is 5.78. The van der Waals surface area contributed by atoms with Crippen LogP contribution < -0.4 is 24.3 Å². The normalized spacial score (nSPS) is 18.3. The first-order valence-corrected chi connectivity index (χ1v) is 12.1. The average Bonchev–Trinajstić information content (AvgIpc) is 3.32. The fraction of sp³-hybridized carbons (Fsp3) is 0.500. The van der Waals surface area contributed by atoms with Gasteiger partial charge in [-0.25, -0.2) is 0 Å². The van der Waals surface area contributed by atoms with Crippen LogP contribution in [0.1, 0.15) is 31.0 Å². The lowest BCUT2D eigenvalue weighted by Crippen LogP contribution is -2.50. The van der Waals surface area contributed by atoms with Crippen LogP contribution in [0.2, 0.25) is 0 Å². The molecule has 1 amide bonds. The van der Waals surface area contributed by atoms with Crippen molar-refractivity contribution in [3.63, 3.8) is 0 Å². The van der Waals surface area contributed by atoms with Crippen molar-refractivity contribution in [2.45, 2.75) is 26.4 Å². The molecule has 182 valence electrons. The minimum Gasteiger partial charge on any atom is -0.486 e. The largest absolute Gasteiger partial charge is 0.486 e. The predicted molar refractivity (Wildman–Crippen MR) is 127 cm³/mol. The average molecular weight is 468 g/mol. The van der Waals surface area contributed by atoms with E-state index in [1.165, 1.54) is 5.56 Å². The Bertz CT molecular complexity index is 1020. The van der Waals surface area contributed by atoms with Crippen LogP contribution in [-0.4, -0.2) is 68.4 Å². The smallest absolute Gasteiger partial charge is 0.236 e. The van der Waals surface area contributed by atoms with Gasteiger partial charge in [0.15, 0.2) is 23.0 Å². The van der Waals surface area contributed by atoms with E-state index in [1.54, 1.807) is 0 Å². The molecular weight excluding hydrogens is 434 g/mol. The fourth-order valence-electron chi connectivity index (χ4n) is 4.75. The molecule has 3 aliphatic rings. The highest BCUT2D eigenvalue weighted by Gasteiger charge is 2.24. The first-order chi connectivity index (χ1) is 16.6. The number of nitrogens with zero attached hydrogens (tertiary/aromatic N) is 2. The number of rotatable bonds is 7. The Kier molecular flexibility index (Phi) is 6.78. The van der Waals surface area contributed by atoms with Crippen molar-refractivity contribution in [1.29, 1.82) is 0 Å². The molecular formula is C26H33N3O5. The predicted octanol–water partition coefficient (Wildman–Crippen LogP) is 2.82. The number of benzene rings is 2. The minimum absolute atomic E-state index is 0.0621. The third kappa shape index (κ3) is 5.08. The quantitative estimate of drug-likeness (QED) is 0.671. The number of nitrogens with one attached hydrogen (secondary N) is 1. The van der Waals surface area contributed by atoms with Gasteiger partial charge in [-0.3, -0.25) is 9.69 Å². The van der Waals surface area contributed by atoms with Crippen molar-refractivity contribution in [1.82, 2.24) is 15.1 Å². The molecule has 0 unspecified atom stereocenters. The number of fused-ring (bicyclic) bond motifs is 2. The molecule has 1 fully saturated rings. The van der Waals surface area contributed by atoms with Gasteiger partial charge in [0.2, 0.25) is 12.7 Å².